The molecule has 1 saturated heterocycles. The first kappa shape index (κ1) is 12.1. The van der Waals surface area contributed by atoms with Crippen LogP contribution in [0.5, 0.6) is 0 Å². The zero-order valence-corrected chi connectivity index (χ0v) is 9.95. The van der Waals surface area contributed by atoms with E-state index in [1.807, 2.05) is 0 Å². The molecule has 0 aromatic carbocycles. The lowest BCUT2D eigenvalue weighted by Crippen LogP contribution is -2.43. The van der Waals surface area contributed by atoms with Crippen LogP contribution in [0.15, 0.2) is 0 Å². The molecule has 0 unspecified atom stereocenters. The molecule has 6 heteroatoms. The Morgan fingerprint density at radius 1 is 1.07 bits per heavy atom. The van der Waals surface area contributed by atoms with Gasteiger partial charge in [-0.05, 0) is 0 Å². The van der Waals surface area contributed by atoms with Gasteiger partial charge >= 0.3 is 8.80 Å². The number of rotatable bonds is 6. The van der Waals surface area contributed by atoms with Crippen LogP contribution in [0, 0.1) is 0 Å². The molecule has 0 amide bonds. The Labute approximate surface area is 85.6 Å². The first-order chi connectivity index (χ1) is 6.76. The maximum absolute atomic E-state index is 5.32. The smallest absolute Gasteiger partial charge is 0.377 e. The van der Waals surface area contributed by atoms with E-state index >= 15 is 0 Å². The second-order valence-corrected chi connectivity index (χ2v) is 6.10. The highest BCUT2D eigenvalue weighted by Crippen LogP contribution is 2.19. The summed E-state index contributed by atoms with van der Waals surface area (Å²) in [5, 5.41) is 0. The van der Waals surface area contributed by atoms with E-state index in [0.29, 0.717) is 19.3 Å². The van der Waals surface area contributed by atoms with Crippen molar-refractivity contribution in [3.8, 4) is 0 Å². The third kappa shape index (κ3) is 3.01. The lowest BCUT2D eigenvalue weighted by Gasteiger charge is -2.25. The van der Waals surface area contributed by atoms with Crippen LogP contribution in [-0.4, -0.2) is 49.6 Å². The molecule has 0 N–H and O–H groups in total. The van der Waals surface area contributed by atoms with Crippen molar-refractivity contribution in [3.05, 3.63) is 0 Å². The van der Waals surface area contributed by atoms with Gasteiger partial charge < -0.3 is 22.8 Å². The first-order valence-corrected chi connectivity index (χ1v) is 6.58. The molecule has 0 aliphatic carbocycles. The van der Waals surface area contributed by atoms with E-state index in [9.17, 15) is 0 Å². The molecule has 0 atom stereocenters. The summed E-state index contributed by atoms with van der Waals surface area (Å²) in [6, 6.07) is 0.709. The Bertz CT molecular complexity index is 148. The van der Waals surface area contributed by atoms with Gasteiger partial charge in [-0.25, -0.2) is 0 Å². The highest BCUT2D eigenvalue weighted by Gasteiger charge is 2.38. The zero-order chi connectivity index (χ0) is 10.4. The lowest BCUT2D eigenvalue weighted by molar-refractivity contribution is -0.0462. The monoisotopic (exact) mass is 222 g/mol. The van der Waals surface area contributed by atoms with Crippen molar-refractivity contribution in [2.24, 2.45) is 0 Å². The molecule has 14 heavy (non-hydrogen) atoms. The second-order valence-electron chi connectivity index (χ2n) is 3.01. The van der Waals surface area contributed by atoms with Crippen LogP contribution in [0.2, 0.25) is 6.04 Å². The molecule has 1 aliphatic rings. The molecule has 0 saturated carbocycles. The van der Waals surface area contributed by atoms with Crippen LogP contribution in [-0.2, 0) is 22.8 Å². The summed E-state index contributed by atoms with van der Waals surface area (Å²) >= 11 is 0. The molecule has 1 heterocycles. The van der Waals surface area contributed by atoms with Crippen molar-refractivity contribution in [2.45, 2.75) is 18.8 Å². The molecule has 84 valence electrons. The van der Waals surface area contributed by atoms with Crippen molar-refractivity contribution in [1.29, 1.82) is 0 Å². The highest BCUT2D eigenvalue weighted by molar-refractivity contribution is 6.60. The van der Waals surface area contributed by atoms with Gasteiger partial charge in [0.2, 0.25) is 0 Å². The average Bonchev–Trinajstić information content (AvgIpc) is 2.74. The molecule has 1 fully saturated rings. The van der Waals surface area contributed by atoms with Crippen LogP contribution >= 0.6 is 0 Å². The fourth-order valence-corrected chi connectivity index (χ4v) is 3.13. The van der Waals surface area contributed by atoms with E-state index < -0.39 is 8.80 Å². The van der Waals surface area contributed by atoms with Crippen molar-refractivity contribution in [2.75, 3.05) is 34.5 Å². The van der Waals surface area contributed by atoms with Gasteiger partial charge in [0.15, 0.2) is 6.29 Å². The van der Waals surface area contributed by atoms with Crippen molar-refractivity contribution >= 4 is 8.80 Å². The van der Waals surface area contributed by atoms with Gasteiger partial charge in [-0.2, -0.15) is 0 Å². The van der Waals surface area contributed by atoms with E-state index in [-0.39, 0.29) is 6.29 Å². The van der Waals surface area contributed by atoms with Gasteiger partial charge in [0.25, 0.3) is 0 Å². The van der Waals surface area contributed by atoms with Crippen LogP contribution in [0.1, 0.15) is 6.42 Å². The largest absolute Gasteiger partial charge is 0.500 e. The Morgan fingerprint density at radius 2 is 1.57 bits per heavy atom. The summed E-state index contributed by atoms with van der Waals surface area (Å²) in [6.07, 6.45) is 0.629. The Kier molecular flexibility index (Phi) is 5.00. The maximum Gasteiger partial charge on any atom is 0.500 e. The second kappa shape index (κ2) is 5.79. The Hall–Kier alpha value is 0.0169. The summed E-state index contributed by atoms with van der Waals surface area (Å²) in [5.41, 5.74) is 0. The predicted molar refractivity (Wildman–Crippen MR) is 51.9 cm³/mol. The van der Waals surface area contributed by atoms with Crippen molar-refractivity contribution in [1.82, 2.24) is 0 Å². The fraction of sp³-hybridized carbons (Fsp3) is 1.00. The summed E-state index contributed by atoms with van der Waals surface area (Å²) in [7, 11) is 2.38. The standard InChI is InChI=1S/C8H18O5Si/c1-9-14(10-2,11-3)7-4-8-12-5-6-13-8/h8H,4-7H2,1-3H3. The molecule has 0 aromatic rings. The van der Waals surface area contributed by atoms with Gasteiger partial charge in [0.1, 0.15) is 0 Å². The normalized spacial score (nSPS) is 19.1. The topological polar surface area (TPSA) is 46.2 Å². The van der Waals surface area contributed by atoms with Crippen LogP contribution in [0.25, 0.3) is 0 Å². The van der Waals surface area contributed by atoms with Gasteiger partial charge in [0, 0.05) is 33.8 Å². The average molecular weight is 222 g/mol. The maximum atomic E-state index is 5.32. The van der Waals surface area contributed by atoms with Gasteiger partial charge in [0.05, 0.1) is 13.2 Å². The van der Waals surface area contributed by atoms with Crippen LogP contribution in [0.3, 0.4) is 0 Å². The SMILES string of the molecule is CO[Si](CCC1OCCO1)(OC)OC. The van der Waals surface area contributed by atoms with Crippen LogP contribution in [0.4, 0.5) is 0 Å². The molecule has 0 spiro atoms. The van der Waals surface area contributed by atoms with Crippen molar-refractivity contribution in [3.63, 3.8) is 0 Å². The quantitative estimate of drug-likeness (QED) is 0.617. The zero-order valence-electron chi connectivity index (χ0n) is 8.95. The van der Waals surface area contributed by atoms with E-state index in [4.69, 9.17) is 22.8 Å². The molecule has 0 aromatic heterocycles. The van der Waals surface area contributed by atoms with Gasteiger partial charge in [-0.15, -0.1) is 0 Å². The molecule has 0 bridgehead atoms. The third-order valence-corrected chi connectivity index (χ3v) is 5.08. The summed E-state index contributed by atoms with van der Waals surface area (Å²) in [5.74, 6) is 0. The Balaban J connectivity index is 2.31. The van der Waals surface area contributed by atoms with E-state index in [1.54, 1.807) is 21.3 Å². The summed E-state index contributed by atoms with van der Waals surface area (Å²) < 4.78 is 26.5. The van der Waals surface area contributed by atoms with Crippen LogP contribution < -0.4 is 0 Å². The van der Waals surface area contributed by atoms with E-state index in [2.05, 4.69) is 0 Å². The molecule has 5 nitrogen and oxygen atoms in total. The molecular formula is C8H18O5Si. The number of hydrogen-bond donors (Lipinski definition) is 0. The number of ether oxygens (including phenoxy) is 2. The molecule has 0 radical (unpaired) electrons. The fourth-order valence-electron chi connectivity index (χ4n) is 1.42. The van der Waals surface area contributed by atoms with E-state index in [0.717, 1.165) is 6.42 Å². The molecular weight excluding hydrogens is 204 g/mol. The number of hydrogen-bond acceptors (Lipinski definition) is 5. The lowest BCUT2D eigenvalue weighted by atomic mass is 10.5. The minimum absolute atomic E-state index is 0.123. The van der Waals surface area contributed by atoms with Crippen molar-refractivity contribution < 1.29 is 22.8 Å². The minimum atomic E-state index is -2.44. The van der Waals surface area contributed by atoms with E-state index in [1.165, 1.54) is 0 Å². The highest BCUT2D eigenvalue weighted by atomic mass is 28.4. The third-order valence-electron chi connectivity index (χ3n) is 2.31. The predicted octanol–water partition coefficient (Wildman–Crippen LogP) is 0.627. The van der Waals surface area contributed by atoms with Gasteiger partial charge in [-0.3, -0.25) is 0 Å². The Morgan fingerprint density at radius 3 is 2.00 bits per heavy atom. The molecule has 1 rings (SSSR count). The summed E-state index contributed by atoms with van der Waals surface area (Å²) in [4.78, 5) is 0. The first-order valence-electron chi connectivity index (χ1n) is 4.65. The van der Waals surface area contributed by atoms with Gasteiger partial charge in [-0.1, -0.05) is 0 Å². The summed E-state index contributed by atoms with van der Waals surface area (Å²) in [6.45, 7) is 1.35. The molecule has 1 aliphatic heterocycles. The minimum Gasteiger partial charge on any atom is -0.377 e.